The van der Waals surface area contributed by atoms with Crippen LogP contribution in [0.1, 0.15) is 26.2 Å². The van der Waals surface area contributed by atoms with Crippen molar-refractivity contribution in [2.75, 3.05) is 37.4 Å². The summed E-state index contributed by atoms with van der Waals surface area (Å²) in [4.78, 5) is 20.6. The van der Waals surface area contributed by atoms with Crippen LogP contribution in [0, 0.1) is 0 Å². The lowest BCUT2D eigenvalue weighted by Crippen LogP contribution is -2.42. The molecule has 21 heavy (non-hydrogen) atoms. The van der Waals surface area contributed by atoms with E-state index in [1.807, 2.05) is 25.1 Å². The summed E-state index contributed by atoms with van der Waals surface area (Å²) in [5, 5.41) is 2.81. The summed E-state index contributed by atoms with van der Waals surface area (Å²) >= 11 is 0. The first-order chi connectivity index (χ1) is 9.60. The molecule has 2 rings (SSSR count). The minimum atomic E-state index is -0.00315. The summed E-state index contributed by atoms with van der Waals surface area (Å²) < 4.78 is 0. The van der Waals surface area contributed by atoms with Gasteiger partial charge in [-0.3, -0.25) is 4.79 Å². The highest BCUT2D eigenvalue weighted by atomic mass is 35.5. The van der Waals surface area contributed by atoms with Crippen molar-refractivity contribution in [3.05, 3.63) is 18.2 Å². The highest BCUT2D eigenvalue weighted by Gasteiger charge is 2.21. The predicted octanol–water partition coefficient (Wildman–Crippen LogP) is 2.38. The number of hydrogen-bond acceptors (Lipinski definition) is 4. The van der Waals surface area contributed by atoms with Gasteiger partial charge in [-0.2, -0.15) is 0 Å². The maximum atomic E-state index is 11.4. The molecule has 1 fully saturated rings. The van der Waals surface area contributed by atoms with Crippen molar-refractivity contribution >= 4 is 29.9 Å². The highest BCUT2D eigenvalue weighted by molar-refractivity contribution is 5.89. The number of nitrogens with one attached hydrogen (secondary N) is 1. The van der Waals surface area contributed by atoms with E-state index in [1.165, 1.54) is 0 Å². The molecule has 0 atom stereocenters. The van der Waals surface area contributed by atoms with Gasteiger partial charge < -0.3 is 15.1 Å². The number of amides is 1. The highest BCUT2D eigenvalue weighted by Crippen LogP contribution is 2.21. The van der Waals surface area contributed by atoms with E-state index < -0.39 is 0 Å². The fraction of sp³-hybridized carbons (Fsp3) is 0.600. The molecule has 1 aromatic heterocycles. The summed E-state index contributed by atoms with van der Waals surface area (Å²) in [6.07, 6.45) is 2.77. The van der Waals surface area contributed by atoms with Crippen LogP contribution in [0.3, 0.4) is 0 Å². The van der Waals surface area contributed by atoms with Crippen molar-refractivity contribution in [1.82, 2.24) is 9.88 Å². The fourth-order valence-corrected chi connectivity index (χ4v) is 2.49. The molecular weight excluding hydrogens is 288 g/mol. The van der Waals surface area contributed by atoms with Crippen LogP contribution in [0.2, 0.25) is 0 Å². The van der Waals surface area contributed by atoms with E-state index in [9.17, 15) is 4.79 Å². The normalized spacial score (nSPS) is 16.1. The topological polar surface area (TPSA) is 48.5 Å². The first-order valence-electron chi connectivity index (χ1n) is 7.28. The quantitative estimate of drug-likeness (QED) is 0.927. The summed E-state index contributed by atoms with van der Waals surface area (Å²) in [6, 6.07) is 6.30. The molecule has 6 heteroatoms. The van der Waals surface area contributed by atoms with Gasteiger partial charge in [0.2, 0.25) is 5.91 Å². The zero-order chi connectivity index (χ0) is 14.5. The lowest BCUT2D eigenvalue weighted by atomic mass is 10.0. The number of carbonyl (C=O) groups is 1. The number of hydrogen-bond donors (Lipinski definition) is 1. The van der Waals surface area contributed by atoms with Gasteiger partial charge in [0.25, 0.3) is 0 Å². The fourth-order valence-electron chi connectivity index (χ4n) is 2.49. The summed E-state index contributed by atoms with van der Waals surface area (Å²) in [5.74, 6) is 1.55. The zero-order valence-corrected chi connectivity index (χ0v) is 13.8. The lowest BCUT2D eigenvalue weighted by molar-refractivity contribution is -0.115. The molecule has 0 radical (unpaired) electrons. The van der Waals surface area contributed by atoms with E-state index in [1.54, 1.807) is 0 Å². The molecular formula is C15H25ClN4O. The number of likely N-dealkylation sites (tertiary alicyclic amines) is 1. The number of rotatable bonds is 4. The van der Waals surface area contributed by atoms with Crippen LogP contribution in [0.5, 0.6) is 0 Å². The van der Waals surface area contributed by atoms with Gasteiger partial charge in [-0.25, -0.2) is 4.98 Å². The number of anilines is 2. The van der Waals surface area contributed by atoms with E-state index in [2.05, 4.69) is 34.2 Å². The van der Waals surface area contributed by atoms with Crippen molar-refractivity contribution < 1.29 is 4.79 Å². The van der Waals surface area contributed by atoms with Crippen LogP contribution in [-0.2, 0) is 4.79 Å². The SMILES string of the molecule is CCC(=O)Nc1cccc(N(C)C2CCN(C)CC2)n1.Cl. The molecule has 1 aromatic rings. The minimum absolute atomic E-state index is 0. The summed E-state index contributed by atoms with van der Waals surface area (Å²) in [7, 11) is 4.25. The number of aromatic nitrogens is 1. The van der Waals surface area contributed by atoms with Gasteiger partial charge >= 0.3 is 0 Å². The Kier molecular flexibility index (Phi) is 6.92. The Morgan fingerprint density at radius 3 is 2.71 bits per heavy atom. The van der Waals surface area contributed by atoms with Crippen molar-refractivity contribution in [1.29, 1.82) is 0 Å². The second-order valence-corrected chi connectivity index (χ2v) is 5.43. The molecule has 1 aliphatic rings. The van der Waals surface area contributed by atoms with Gasteiger partial charge in [-0.1, -0.05) is 13.0 Å². The Hall–Kier alpha value is -1.33. The molecule has 2 heterocycles. The van der Waals surface area contributed by atoms with Gasteiger partial charge in [-0.15, -0.1) is 12.4 Å². The van der Waals surface area contributed by atoms with Crippen molar-refractivity contribution in [3.8, 4) is 0 Å². The van der Waals surface area contributed by atoms with Crippen molar-refractivity contribution in [2.45, 2.75) is 32.2 Å². The molecule has 0 aromatic carbocycles. The predicted molar refractivity (Wildman–Crippen MR) is 89.3 cm³/mol. The van der Waals surface area contributed by atoms with Crippen LogP contribution in [-0.4, -0.2) is 49.0 Å². The lowest BCUT2D eigenvalue weighted by Gasteiger charge is -2.35. The van der Waals surface area contributed by atoms with Crippen LogP contribution < -0.4 is 10.2 Å². The Labute approximate surface area is 133 Å². The number of piperidine rings is 1. The maximum absolute atomic E-state index is 11.4. The first kappa shape index (κ1) is 17.7. The minimum Gasteiger partial charge on any atom is -0.357 e. The molecule has 5 nitrogen and oxygen atoms in total. The van der Waals surface area contributed by atoms with Gasteiger partial charge in [0.15, 0.2) is 0 Å². The Morgan fingerprint density at radius 1 is 1.43 bits per heavy atom. The molecule has 0 unspecified atom stereocenters. The van der Waals surface area contributed by atoms with E-state index in [0.717, 1.165) is 31.7 Å². The van der Waals surface area contributed by atoms with Crippen molar-refractivity contribution in [2.24, 2.45) is 0 Å². The second kappa shape index (κ2) is 8.20. The third-order valence-electron chi connectivity index (χ3n) is 3.92. The van der Waals surface area contributed by atoms with Gasteiger partial charge in [0.05, 0.1) is 0 Å². The van der Waals surface area contributed by atoms with Gasteiger partial charge in [0, 0.05) is 19.5 Å². The zero-order valence-electron chi connectivity index (χ0n) is 13.0. The van der Waals surface area contributed by atoms with Crippen LogP contribution in [0.25, 0.3) is 0 Å². The van der Waals surface area contributed by atoms with Crippen molar-refractivity contribution in [3.63, 3.8) is 0 Å². The summed E-state index contributed by atoms with van der Waals surface area (Å²) in [6.45, 7) is 4.09. The molecule has 1 saturated heterocycles. The van der Waals surface area contributed by atoms with Gasteiger partial charge in [-0.05, 0) is 45.1 Å². The van der Waals surface area contributed by atoms with Crippen LogP contribution in [0.15, 0.2) is 18.2 Å². The molecule has 0 saturated carbocycles. The van der Waals surface area contributed by atoms with E-state index in [4.69, 9.17) is 0 Å². The Morgan fingerprint density at radius 2 is 2.10 bits per heavy atom. The smallest absolute Gasteiger partial charge is 0.225 e. The number of carbonyl (C=O) groups excluding carboxylic acids is 1. The average molecular weight is 313 g/mol. The molecule has 0 aliphatic carbocycles. The molecule has 1 amide bonds. The van der Waals surface area contributed by atoms with E-state index >= 15 is 0 Å². The molecule has 0 spiro atoms. The standard InChI is InChI=1S/C15H24N4O.ClH/c1-4-15(20)17-13-6-5-7-14(16-13)19(3)12-8-10-18(2)11-9-12;/h5-7,12H,4,8-11H2,1-3H3,(H,16,17,20);1H. The van der Waals surface area contributed by atoms with Crippen LogP contribution >= 0.6 is 12.4 Å². The molecule has 0 bridgehead atoms. The Bertz CT molecular complexity index is 461. The summed E-state index contributed by atoms with van der Waals surface area (Å²) in [5.41, 5.74) is 0. The largest absolute Gasteiger partial charge is 0.357 e. The monoisotopic (exact) mass is 312 g/mol. The molecule has 1 N–H and O–H groups in total. The Balaban J connectivity index is 0.00000220. The molecule has 1 aliphatic heterocycles. The second-order valence-electron chi connectivity index (χ2n) is 5.43. The van der Waals surface area contributed by atoms with E-state index in [-0.39, 0.29) is 18.3 Å². The molecule has 118 valence electrons. The average Bonchev–Trinajstić information content (AvgIpc) is 2.47. The first-order valence-corrected chi connectivity index (χ1v) is 7.28. The maximum Gasteiger partial charge on any atom is 0.225 e. The van der Waals surface area contributed by atoms with Crippen LogP contribution in [0.4, 0.5) is 11.6 Å². The van der Waals surface area contributed by atoms with Gasteiger partial charge in [0.1, 0.15) is 11.6 Å². The third-order valence-corrected chi connectivity index (χ3v) is 3.92. The number of halogens is 1. The number of nitrogens with zero attached hydrogens (tertiary/aromatic N) is 3. The third kappa shape index (κ3) is 4.86. The van der Waals surface area contributed by atoms with E-state index in [0.29, 0.717) is 18.3 Å². The number of pyridine rings is 1.